The first-order chi connectivity index (χ1) is 22.5. The number of hydrogen-bond donors (Lipinski definition) is 0. The molecule has 0 saturated carbocycles. The summed E-state index contributed by atoms with van der Waals surface area (Å²) in [6.07, 6.45) is 7.60. The maximum Gasteiger partial charge on any atom is 0.123 e. The van der Waals surface area contributed by atoms with Crippen molar-refractivity contribution in [3.63, 3.8) is 0 Å². The van der Waals surface area contributed by atoms with E-state index in [1.165, 1.54) is 16.8 Å². The van der Waals surface area contributed by atoms with Crippen molar-refractivity contribution >= 4 is 55.5 Å². The summed E-state index contributed by atoms with van der Waals surface area (Å²) in [7, 11) is -1.27. The number of pyridine rings is 2. The first-order valence-corrected chi connectivity index (χ1v) is 19.8. The molecule has 0 fully saturated rings. The van der Waals surface area contributed by atoms with Gasteiger partial charge in [-0.05, 0) is 80.9 Å². The minimum Gasteiger partial charge on any atom is -0.305 e. The van der Waals surface area contributed by atoms with Crippen LogP contribution in [-0.2, 0) is 20.1 Å². The SMILES string of the molecule is Cc1cc(-c2[c-]cccc2)ncc1[Si](C)(C)C.[2H]C(C)(/C=C\C)c1ccnc(-c2[c-]ccc3c2sc2c4ccc(F)cc4ccc32)c1.[Ir]. The molecule has 0 saturated heterocycles. The molecular weight excluding hydrogens is 792 g/mol. The van der Waals surface area contributed by atoms with Crippen LogP contribution in [-0.4, -0.2) is 18.0 Å². The monoisotopic (exact) mass is 830 g/mol. The van der Waals surface area contributed by atoms with Gasteiger partial charge in [-0.1, -0.05) is 80.0 Å². The van der Waals surface area contributed by atoms with Gasteiger partial charge in [0, 0.05) is 38.6 Å². The van der Waals surface area contributed by atoms with Crippen LogP contribution in [0.25, 0.3) is 53.5 Å². The normalized spacial score (nSPS) is 13.2. The number of halogens is 1. The Morgan fingerprint density at radius 3 is 2.38 bits per heavy atom. The second-order valence-corrected chi connectivity index (χ2v) is 18.6. The van der Waals surface area contributed by atoms with Crippen LogP contribution in [0.2, 0.25) is 19.6 Å². The van der Waals surface area contributed by atoms with Gasteiger partial charge >= 0.3 is 0 Å². The van der Waals surface area contributed by atoms with Crippen molar-refractivity contribution in [2.45, 2.75) is 46.3 Å². The van der Waals surface area contributed by atoms with E-state index in [9.17, 15) is 4.39 Å². The largest absolute Gasteiger partial charge is 0.305 e. The van der Waals surface area contributed by atoms with Gasteiger partial charge < -0.3 is 9.97 Å². The Hall–Kier alpha value is -3.80. The molecule has 0 amide bonds. The maximum absolute atomic E-state index is 13.7. The van der Waals surface area contributed by atoms with Crippen LogP contribution in [0.15, 0.2) is 109 Å². The van der Waals surface area contributed by atoms with Crippen molar-refractivity contribution in [3.8, 4) is 22.5 Å². The smallest absolute Gasteiger partial charge is 0.123 e. The first-order valence-electron chi connectivity index (χ1n) is 16.0. The van der Waals surface area contributed by atoms with Crippen molar-refractivity contribution < 1.29 is 25.9 Å². The summed E-state index contributed by atoms with van der Waals surface area (Å²) in [6.45, 7) is 13.0. The Kier molecular flexibility index (Phi) is 10.2. The Labute approximate surface area is 297 Å². The van der Waals surface area contributed by atoms with Gasteiger partial charge in [0.25, 0.3) is 0 Å². The predicted molar refractivity (Wildman–Crippen MR) is 198 cm³/mol. The van der Waals surface area contributed by atoms with E-state index < -0.39 is 14.0 Å². The topological polar surface area (TPSA) is 25.8 Å². The minimum absolute atomic E-state index is 0. The molecule has 2 nitrogen and oxygen atoms in total. The number of allylic oxidation sites excluding steroid dienone is 2. The molecule has 1 radical (unpaired) electrons. The number of nitrogens with zero attached hydrogens (tertiary/aromatic N) is 2. The molecule has 7 rings (SSSR count). The number of hydrogen-bond acceptors (Lipinski definition) is 3. The summed E-state index contributed by atoms with van der Waals surface area (Å²) in [5.41, 5.74) is 6.07. The van der Waals surface area contributed by atoms with Crippen LogP contribution in [0.5, 0.6) is 0 Å². The summed E-state index contributed by atoms with van der Waals surface area (Å²) in [5, 5.41) is 5.69. The van der Waals surface area contributed by atoms with Gasteiger partial charge in [0.15, 0.2) is 0 Å². The van der Waals surface area contributed by atoms with Gasteiger partial charge in [-0.3, -0.25) is 0 Å². The van der Waals surface area contributed by atoms with Crippen molar-refractivity contribution in [1.82, 2.24) is 9.97 Å². The van der Waals surface area contributed by atoms with Crippen molar-refractivity contribution in [1.29, 1.82) is 0 Å². The number of aryl methyl sites for hydroxylation is 1. The van der Waals surface area contributed by atoms with E-state index in [4.69, 9.17) is 1.37 Å². The molecule has 1 atom stereocenters. The Morgan fingerprint density at radius 1 is 0.872 bits per heavy atom. The molecule has 239 valence electrons. The van der Waals surface area contributed by atoms with E-state index in [0.717, 1.165) is 59.0 Å². The summed E-state index contributed by atoms with van der Waals surface area (Å²) in [4.78, 5) is 9.18. The first kappa shape index (κ1) is 33.1. The second kappa shape index (κ2) is 14.5. The average molecular weight is 830 g/mol. The molecule has 0 spiro atoms. The maximum atomic E-state index is 13.7. The molecule has 3 aromatic heterocycles. The summed E-state index contributed by atoms with van der Waals surface area (Å²) in [6, 6.07) is 33.6. The van der Waals surface area contributed by atoms with Crippen LogP contribution < -0.4 is 5.19 Å². The molecule has 3 heterocycles. The number of benzene rings is 4. The third-order valence-corrected chi connectivity index (χ3v) is 11.6. The van der Waals surface area contributed by atoms with Crippen molar-refractivity contribution in [2.75, 3.05) is 0 Å². The fraction of sp³-hybridized carbons (Fsp3) is 0.171. The van der Waals surface area contributed by atoms with E-state index >= 15 is 0 Å². The fourth-order valence-corrected chi connectivity index (χ4v) is 8.94. The fourth-order valence-electron chi connectivity index (χ4n) is 5.89. The van der Waals surface area contributed by atoms with Gasteiger partial charge in [-0.15, -0.1) is 59.7 Å². The van der Waals surface area contributed by atoms with Crippen LogP contribution in [0.4, 0.5) is 4.39 Å². The third-order valence-electron chi connectivity index (χ3n) is 8.17. The van der Waals surface area contributed by atoms with Gasteiger partial charge in [-0.25, -0.2) is 4.39 Å². The number of rotatable bonds is 5. The van der Waals surface area contributed by atoms with Crippen LogP contribution in [0.3, 0.4) is 0 Å². The van der Waals surface area contributed by atoms with Crippen molar-refractivity contribution in [2.24, 2.45) is 0 Å². The molecule has 47 heavy (non-hydrogen) atoms. The number of fused-ring (bicyclic) bond motifs is 5. The molecule has 6 heteroatoms. The Bertz CT molecular complexity index is 2260. The van der Waals surface area contributed by atoms with Gasteiger partial charge in [0.05, 0.1) is 8.07 Å². The van der Waals surface area contributed by atoms with Gasteiger partial charge in [0.2, 0.25) is 0 Å². The van der Waals surface area contributed by atoms with E-state index in [1.54, 1.807) is 23.6 Å². The van der Waals surface area contributed by atoms with E-state index in [0.29, 0.717) is 0 Å². The third kappa shape index (κ3) is 7.37. The summed E-state index contributed by atoms with van der Waals surface area (Å²) < 4.78 is 24.6. The molecule has 0 bridgehead atoms. The zero-order valence-electron chi connectivity index (χ0n) is 28.4. The zero-order chi connectivity index (χ0) is 33.3. The van der Waals surface area contributed by atoms with Crippen LogP contribution >= 0.6 is 11.3 Å². The van der Waals surface area contributed by atoms with Crippen LogP contribution in [0.1, 0.15) is 32.2 Å². The summed E-state index contributed by atoms with van der Waals surface area (Å²) >= 11 is 1.69. The molecule has 4 aromatic carbocycles. The van der Waals surface area contributed by atoms with E-state index in [-0.39, 0.29) is 25.9 Å². The zero-order valence-corrected chi connectivity index (χ0v) is 31.6. The summed E-state index contributed by atoms with van der Waals surface area (Å²) in [5.74, 6) is -1.04. The Morgan fingerprint density at radius 2 is 1.66 bits per heavy atom. The molecular formula is C41H37FIrN2SSi-2. The van der Waals surface area contributed by atoms with Gasteiger partial charge in [0.1, 0.15) is 5.82 Å². The predicted octanol–water partition coefficient (Wildman–Crippen LogP) is 11.3. The molecule has 0 N–H and O–H groups in total. The number of aromatic nitrogens is 2. The molecule has 7 aromatic rings. The molecule has 1 unspecified atom stereocenters. The van der Waals surface area contributed by atoms with E-state index in [1.807, 2.05) is 74.5 Å². The molecule has 0 aliphatic rings. The van der Waals surface area contributed by atoms with Gasteiger partial charge in [-0.2, -0.15) is 11.3 Å². The van der Waals surface area contributed by atoms with E-state index in [2.05, 4.69) is 79.1 Å². The average Bonchev–Trinajstić information content (AvgIpc) is 3.44. The minimum atomic E-state index is -1.27. The number of thiophene rings is 1. The van der Waals surface area contributed by atoms with Crippen LogP contribution in [0, 0.1) is 24.9 Å². The quantitative estimate of drug-likeness (QED) is 0.0981. The molecule has 0 aliphatic heterocycles. The standard InChI is InChI=1S/C26H19FNS.C15H18NSi.Ir/c1-3-5-16(2)17-12-13-28-24(15-17)23-7-4-6-21-22-10-8-18-14-19(27)9-11-20(18)25(22)29-26(21)23;1-12-10-14(13-8-6-5-7-9-13)16-11-15(12)17(2,3)4;/h3-6,8-16H,1-2H3;5-8,10-11H,1-4H3;/q2*-1;/b5-3-;;/i16D;;. The van der Waals surface area contributed by atoms with Crippen molar-refractivity contribution in [3.05, 3.63) is 139 Å². The second-order valence-electron chi connectivity index (χ2n) is 12.5. The molecule has 0 aliphatic carbocycles. The Balaban J connectivity index is 0.000000214.